The fourth-order valence-electron chi connectivity index (χ4n) is 11.4. The topological polar surface area (TPSA) is 112 Å². The van der Waals surface area contributed by atoms with Gasteiger partial charge in [0.05, 0.1) is 12.8 Å². The average molecular weight is 1230 g/mol. The number of nitrogens with zero attached hydrogens (tertiary/aromatic N) is 2. The number of esters is 4. The third kappa shape index (κ3) is 30.3. The molecule has 0 saturated carbocycles. The van der Waals surface area contributed by atoms with E-state index in [0.29, 0.717) is 24.2 Å². The lowest BCUT2D eigenvalue weighted by Gasteiger charge is -2.33. The van der Waals surface area contributed by atoms with E-state index in [2.05, 4.69) is 152 Å². The SMILES string of the molecule is CC1=C(/C=C/C(C)=C/C=C/C(C)=C/C=C/C=C(C)/C=C/C=C(/C)C(=O)OC[C@H](OC(=O)CCN2CCCCC2)[C@@H](COC(=O)\C(C)=C/C=C/C(C)=C/C=C/C=C(C)/C=C/C=C(C)/C=C/C2=C(C)CCCC2(C)C)OC(=O)CCN2CCCCC2)C(C)(C)CCC1. The van der Waals surface area contributed by atoms with Gasteiger partial charge in [0.1, 0.15) is 13.2 Å². The molecule has 0 aromatic heterocycles. The summed E-state index contributed by atoms with van der Waals surface area (Å²) in [6, 6.07) is 0. The highest BCUT2D eigenvalue weighted by Crippen LogP contribution is 2.42. The number of rotatable bonds is 31. The van der Waals surface area contributed by atoms with E-state index in [1.807, 2.05) is 62.5 Å². The van der Waals surface area contributed by atoms with E-state index in [0.717, 1.165) is 87.0 Å². The molecule has 4 rings (SSSR count). The zero-order valence-corrected chi connectivity index (χ0v) is 57.7. The third-order valence-corrected chi connectivity index (χ3v) is 17.2. The fourth-order valence-corrected chi connectivity index (χ4v) is 11.4. The van der Waals surface area contributed by atoms with Crippen LogP contribution in [0.3, 0.4) is 0 Å². The second-order valence-corrected chi connectivity index (χ2v) is 26.5. The molecule has 2 saturated heterocycles. The lowest BCUT2D eigenvalue weighted by Crippen LogP contribution is -2.43. The Balaban J connectivity index is 1.41. The van der Waals surface area contributed by atoms with Gasteiger partial charge < -0.3 is 28.7 Å². The molecule has 0 spiro atoms. The van der Waals surface area contributed by atoms with Crippen molar-refractivity contribution in [2.45, 2.75) is 199 Å². The van der Waals surface area contributed by atoms with Crippen LogP contribution in [0.25, 0.3) is 0 Å². The summed E-state index contributed by atoms with van der Waals surface area (Å²) in [5.74, 6) is -2.36. The zero-order chi connectivity index (χ0) is 65.9. The minimum absolute atomic E-state index is 0.0878. The number of hydrogen-bond acceptors (Lipinski definition) is 10. The van der Waals surface area contributed by atoms with Gasteiger partial charge in [-0.3, -0.25) is 9.59 Å². The number of ether oxygens (including phenoxy) is 4. The summed E-state index contributed by atoms with van der Waals surface area (Å²) in [7, 11) is 0. The normalized spacial score (nSPS) is 20.4. The van der Waals surface area contributed by atoms with Crippen molar-refractivity contribution in [3.8, 4) is 0 Å². The van der Waals surface area contributed by atoms with Gasteiger partial charge >= 0.3 is 23.9 Å². The summed E-state index contributed by atoms with van der Waals surface area (Å²) in [4.78, 5) is 58.9. The van der Waals surface area contributed by atoms with Gasteiger partial charge in [0.15, 0.2) is 12.2 Å². The van der Waals surface area contributed by atoms with Crippen molar-refractivity contribution in [2.24, 2.45) is 10.8 Å². The van der Waals surface area contributed by atoms with E-state index >= 15 is 0 Å². The molecular weight excluding hydrogens is 1120 g/mol. The number of carbonyl (C=O) groups is 4. The summed E-state index contributed by atoms with van der Waals surface area (Å²) in [6.45, 7) is 33.3. The smallest absolute Gasteiger partial charge is 0.333 e. The zero-order valence-electron chi connectivity index (χ0n) is 57.7. The van der Waals surface area contributed by atoms with Crippen LogP contribution in [0.5, 0.6) is 0 Å². The van der Waals surface area contributed by atoms with Gasteiger partial charge in [-0.25, -0.2) is 9.59 Å². The van der Waals surface area contributed by atoms with E-state index in [4.69, 9.17) is 18.9 Å². The number of piperidine rings is 2. The molecule has 0 radical (unpaired) electrons. The van der Waals surface area contributed by atoms with Gasteiger partial charge in [-0.1, -0.05) is 231 Å². The maximum absolute atomic E-state index is 13.6. The van der Waals surface area contributed by atoms with Crippen LogP contribution in [0.2, 0.25) is 0 Å². The Hall–Kier alpha value is -6.88. The van der Waals surface area contributed by atoms with Crippen LogP contribution in [-0.2, 0) is 38.1 Å². The Kier molecular flexibility index (Phi) is 34.2. The van der Waals surface area contributed by atoms with Gasteiger partial charge in [-0.05, 0) is 182 Å². The molecule has 0 amide bonds. The first kappa shape index (κ1) is 75.6. The van der Waals surface area contributed by atoms with Crippen molar-refractivity contribution in [1.82, 2.24) is 9.80 Å². The summed E-state index contributed by atoms with van der Waals surface area (Å²) >= 11 is 0. The molecule has 0 bridgehead atoms. The highest BCUT2D eigenvalue weighted by molar-refractivity contribution is 5.88. The summed E-state index contributed by atoms with van der Waals surface area (Å²) in [5.41, 5.74) is 13.5. The van der Waals surface area contributed by atoms with Crippen LogP contribution in [0.15, 0.2) is 213 Å². The molecule has 2 fully saturated rings. The molecule has 2 heterocycles. The Morgan fingerprint density at radius 2 is 0.711 bits per heavy atom. The second-order valence-electron chi connectivity index (χ2n) is 26.5. The van der Waals surface area contributed by atoms with E-state index in [9.17, 15) is 19.2 Å². The van der Waals surface area contributed by atoms with E-state index < -0.39 is 49.3 Å². The molecule has 10 nitrogen and oxygen atoms in total. The monoisotopic (exact) mass is 1230 g/mol. The molecule has 0 aromatic carbocycles. The molecule has 0 unspecified atom stereocenters. The third-order valence-electron chi connectivity index (χ3n) is 17.2. The quantitative estimate of drug-likeness (QED) is 0.0288. The Morgan fingerprint density at radius 3 is 1.03 bits per heavy atom. The number of allylic oxidation sites excluding steroid dienone is 34. The van der Waals surface area contributed by atoms with Crippen LogP contribution >= 0.6 is 0 Å². The Bertz CT molecular complexity index is 2780. The Morgan fingerprint density at radius 1 is 0.411 bits per heavy atom. The lowest BCUT2D eigenvalue weighted by molar-refractivity contribution is -0.181. The molecule has 2 aliphatic heterocycles. The van der Waals surface area contributed by atoms with Crippen molar-refractivity contribution >= 4 is 23.9 Å². The first-order valence-electron chi connectivity index (χ1n) is 33.3. The van der Waals surface area contributed by atoms with Crippen LogP contribution in [0, 0.1) is 10.8 Å². The minimum atomic E-state index is -1.26. The summed E-state index contributed by atoms with van der Waals surface area (Å²) < 4.78 is 23.7. The van der Waals surface area contributed by atoms with Crippen molar-refractivity contribution in [1.29, 1.82) is 0 Å². The van der Waals surface area contributed by atoms with Crippen LogP contribution in [0.1, 0.15) is 187 Å². The summed E-state index contributed by atoms with van der Waals surface area (Å²) in [6.07, 6.45) is 59.9. The predicted molar refractivity (Wildman–Crippen MR) is 375 cm³/mol. The number of likely N-dealkylation sites (tertiary alicyclic amines) is 2. The predicted octanol–water partition coefficient (Wildman–Crippen LogP) is 18.7. The van der Waals surface area contributed by atoms with Gasteiger partial charge in [0.25, 0.3) is 0 Å². The van der Waals surface area contributed by atoms with E-state index in [-0.39, 0.29) is 23.7 Å². The van der Waals surface area contributed by atoms with Gasteiger partial charge in [0, 0.05) is 24.2 Å². The van der Waals surface area contributed by atoms with Gasteiger partial charge in [-0.15, -0.1) is 0 Å². The standard InChI is InChI=1S/C80H112N2O8/c1-61(35-25-37-65(5)45-47-71-67(7)43-29-51-79(71,11)12)31-17-19-33-63(3)39-27-41-69(9)77(85)87-59-73(89-75(83)49-57-81-53-21-15-22-54-81)74(90-76(84)50-58-82-55-23-16-24-56-82)60-88-78(86)70(10)42-28-40-64(4)34-20-18-32-62(2)36-26-38-66(6)46-48-72-68(8)44-30-52-80(72,13)14/h17-20,25-28,31-42,45-48,73-74H,15-16,21-24,29-30,43-44,49-60H2,1-14H3/b19-17+,20-18+,35-25+,36-26+,39-27+,40-28+,47-45+,48-46+,61-31+,62-32+,63-33+,64-34+,65-37+,66-38+,69-41-,70-42-/t73-,74+. The first-order chi connectivity index (χ1) is 42.9. The molecule has 2 atom stereocenters. The lowest BCUT2D eigenvalue weighted by atomic mass is 9.72. The van der Waals surface area contributed by atoms with Crippen LogP contribution in [0.4, 0.5) is 0 Å². The largest absolute Gasteiger partial charge is 0.458 e. The molecule has 10 heteroatoms. The van der Waals surface area contributed by atoms with Crippen molar-refractivity contribution in [3.63, 3.8) is 0 Å². The number of hydrogen-bond donors (Lipinski definition) is 0. The van der Waals surface area contributed by atoms with E-state index in [1.54, 1.807) is 38.2 Å². The number of carbonyl (C=O) groups excluding carboxylic acids is 4. The molecule has 0 N–H and O–H groups in total. The van der Waals surface area contributed by atoms with Crippen molar-refractivity contribution in [3.05, 3.63) is 213 Å². The Labute approximate surface area is 544 Å². The summed E-state index contributed by atoms with van der Waals surface area (Å²) in [5, 5.41) is 0. The highest BCUT2D eigenvalue weighted by atomic mass is 16.6. The highest BCUT2D eigenvalue weighted by Gasteiger charge is 2.33. The molecular formula is C80H112N2O8. The molecule has 2 aliphatic carbocycles. The van der Waals surface area contributed by atoms with Gasteiger partial charge in [-0.2, -0.15) is 0 Å². The van der Waals surface area contributed by atoms with Crippen molar-refractivity contribution in [2.75, 3.05) is 52.5 Å². The minimum Gasteiger partial charge on any atom is -0.458 e. The molecule has 490 valence electrons. The van der Waals surface area contributed by atoms with Crippen LogP contribution < -0.4 is 0 Å². The first-order valence-corrected chi connectivity index (χ1v) is 33.3. The molecule has 4 aliphatic rings. The van der Waals surface area contributed by atoms with E-state index in [1.165, 1.54) is 72.0 Å². The fraction of sp³-hybridized carbons (Fsp3) is 0.500. The van der Waals surface area contributed by atoms with Crippen molar-refractivity contribution < 1.29 is 38.1 Å². The molecule has 90 heavy (non-hydrogen) atoms. The van der Waals surface area contributed by atoms with Gasteiger partial charge in [0.2, 0.25) is 0 Å². The maximum Gasteiger partial charge on any atom is 0.333 e. The maximum atomic E-state index is 13.6. The molecule has 0 aromatic rings. The average Bonchev–Trinajstić information content (AvgIpc) is 1.40. The second kappa shape index (κ2) is 40.8. The van der Waals surface area contributed by atoms with Crippen LogP contribution in [-0.4, -0.2) is 98.4 Å².